The fraction of sp³-hybridized carbons (Fsp3) is 0.320. The number of benzene rings is 2. The van der Waals surface area contributed by atoms with Crippen LogP contribution in [-0.2, 0) is 4.79 Å². The van der Waals surface area contributed by atoms with Crippen LogP contribution in [0.1, 0.15) is 29.5 Å². The van der Waals surface area contributed by atoms with Gasteiger partial charge in [-0.05, 0) is 57.4 Å². The van der Waals surface area contributed by atoms with Gasteiger partial charge < -0.3 is 10.2 Å². The summed E-state index contributed by atoms with van der Waals surface area (Å²) in [5, 5.41) is 4.03. The Bertz CT molecular complexity index is 1060. The van der Waals surface area contributed by atoms with Gasteiger partial charge >= 0.3 is 0 Å². The number of hydrogen-bond donors (Lipinski definition) is 1. The SMILES string of the molecule is Cc1ccc(Sc2nccnc2N2CCC(C(=O)Nc3ccc(C)cc3C)CC2)cc1. The number of nitrogens with zero attached hydrogens (tertiary/aromatic N) is 3. The lowest BCUT2D eigenvalue weighted by molar-refractivity contribution is -0.120. The number of carbonyl (C=O) groups is 1. The molecule has 31 heavy (non-hydrogen) atoms. The summed E-state index contributed by atoms with van der Waals surface area (Å²) in [6.45, 7) is 7.78. The van der Waals surface area contributed by atoms with Crippen LogP contribution < -0.4 is 10.2 Å². The second kappa shape index (κ2) is 9.52. The van der Waals surface area contributed by atoms with E-state index in [4.69, 9.17) is 0 Å². The molecule has 3 aromatic rings. The van der Waals surface area contributed by atoms with Crippen LogP contribution in [-0.4, -0.2) is 29.0 Å². The molecule has 0 unspecified atom stereocenters. The third-order valence-corrected chi connectivity index (χ3v) is 6.68. The summed E-state index contributed by atoms with van der Waals surface area (Å²) in [4.78, 5) is 25.4. The Morgan fingerprint density at radius 2 is 1.65 bits per heavy atom. The minimum Gasteiger partial charge on any atom is -0.354 e. The van der Waals surface area contributed by atoms with E-state index in [0.29, 0.717) is 0 Å². The van der Waals surface area contributed by atoms with Crippen molar-refractivity contribution in [3.05, 3.63) is 71.5 Å². The number of carbonyl (C=O) groups excluding carboxylic acids is 1. The smallest absolute Gasteiger partial charge is 0.227 e. The van der Waals surface area contributed by atoms with Crippen LogP contribution >= 0.6 is 11.8 Å². The Balaban J connectivity index is 1.39. The molecular formula is C25H28N4OS. The highest BCUT2D eigenvalue weighted by Gasteiger charge is 2.27. The van der Waals surface area contributed by atoms with Crippen LogP contribution in [0.25, 0.3) is 0 Å². The van der Waals surface area contributed by atoms with Gasteiger partial charge in [0, 0.05) is 42.0 Å². The van der Waals surface area contributed by atoms with Crippen molar-refractivity contribution in [1.29, 1.82) is 0 Å². The van der Waals surface area contributed by atoms with Crippen molar-refractivity contribution in [2.75, 3.05) is 23.3 Å². The van der Waals surface area contributed by atoms with Crippen molar-refractivity contribution in [2.45, 2.75) is 43.5 Å². The van der Waals surface area contributed by atoms with Crippen molar-refractivity contribution in [1.82, 2.24) is 9.97 Å². The van der Waals surface area contributed by atoms with Gasteiger partial charge in [0.2, 0.25) is 5.91 Å². The fourth-order valence-electron chi connectivity index (χ4n) is 3.87. The Labute approximate surface area is 188 Å². The minimum atomic E-state index is 0.0156. The third-order valence-electron chi connectivity index (χ3n) is 5.69. The fourth-order valence-corrected chi connectivity index (χ4v) is 4.75. The zero-order valence-electron chi connectivity index (χ0n) is 18.3. The van der Waals surface area contributed by atoms with E-state index in [1.54, 1.807) is 24.2 Å². The van der Waals surface area contributed by atoms with Gasteiger partial charge in [-0.25, -0.2) is 9.97 Å². The molecule has 2 heterocycles. The maximum atomic E-state index is 12.8. The highest BCUT2D eigenvalue weighted by atomic mass is 32.2. The predicted molar refractivity (Wildman–Crippen MR) is 127 cm³/mol. The molecule has 0 atom stereocenters. The lowest BCUT2D eigenvalue weighted by Gasteiger charge is -2.32. The van der Waals surface area contributed by atoms with Gasteiger partial charge in [0.05, 0.1) is 0 Å². The zero-order valence-corrected chi connectivity index (χ0v) is 19.1. The predicted octanol–water partition coefficient (Wildman–Crippen LogP) is 5.41. The normalized spacial score (nSPS) is 14.5. The van der Waals surface area contributed by atoms with Crippen LogP contribution in [0.2, 0.25) is 0 Å². The first-order valence-corrected chi connectivity index (χ1v) is 11.5. The van der Waals surface area contributed by atoms with Gasteiger partial charge in [0.15, 0.2) is 5.82 Å². The summed E-state index contributed by atoms with van der Waals surface area (Å²) < 4.78 is 0. The second-order valence-corrected chi connectivity index (χ2v) is 9.23. The van der Waals surface area contributed by atoms with Gasteiger partial charge in [-0.2, -0.15) is 0 Å². The summed E-state index contributed by atoms with van der Waals surface area (Å²) >= 11 is 1.63. The number of nitrogens with one attached hydrogen (secondary N) is 1. The summed E-state index contributed by atoms with van der Waals surface area (Å²) in [7, 11) is 0. The van der Waals surface area contributed by atoms with Gasteiger partial charge in [-0.3, -0.25) is 4.79 Å². The van der Waals surface area contributed by atoms with E-state index in [1.807, 2.05) is 19.1 Å². The van der Waals surface area contributed by atoms with Crippen LogP contribution in [0.15, 0.2) is 64.8 Å². The minimum absolute atomic E-state index is 0.0156. The van der Waals surface area contributed by atoms with Crippen molar-refractivity contribution in [2.24, 2.45) is 5.92 Å². The topological polar surface area (TPSA) is 58.1 Å². The highest BCUT2D eigenvalue weighted by molar-refractivity contribution is 7.99. The molecule has 0 bridgehead atoms. The Kier molecular flexibility index (Phi) is 6.56. The Morgan fingerprint density at radius 1 is 0.968 bits per heavy atom. The molecule has 0 saturated carbocycles. The van der Waals surface area contributed by atoms with Crippen LogP contribution in [0.3, 0.4) is 0 Å². The molecular weight excluding hydrogens is 404 g/mol. The number of aryl methyl sites for hydroxylation is 3. The first-order chi connectivity index (χ1) is 15.0. The molecule has 1 fully saturated rings. The summed E-state index contributed by atoms with van der Waals surface area (Å²) in [5.41, 5.74) is 4.45. The lowest BCUT2D eigenvalue weighted by atomic mass is 9.95. The molecule has 0 radical (unpaired) electrons. The molecule has 6 heteroatoms. The summed E-state index contributed by atoms with van der Waals surface area (Å²) in [6, 6.07) is 14.6. The number of piperidine rings is 1. The van der Waals surface area contributed by atoms with Gasteiger partial charge in [-0.1, -0.05) is 47.2 Å². The van der Waals surface area contributed by atoms with E-state index in [9.17, 15) is 4.79 Å². The molecule has 1 aliphatic heterocycles. The first kappa shape index (κ1) is 21.4. The van der Waals surface area contributed by atoms with Gasteiger partial charge in [-0.15, -0.1) is 0 Å². The summed E-state index contributed by atoms with van der Waals surface area (Å²) in [6.07, 6.45) is 5.10. The highest BCUT2D eigenvalue weighted by Crippen LogP contribution is 2.34. The molecule has 160 valence electrons. The molecule has 5 nitrogen and oxygen atoms in total. The molecule has 1 amide bonds. The summed E-state index contributed by atoms with van der Waals surface area (Å²) in [5.74, 6) is 1.03. The molecule has 2 aromatic carbocycles. The monoisotopic (exact) mass is 432 g/mol. The Hall–Kier alpha value is -2.86. The van der Waals surface area contributed by atoms with Crippen LogP contribution in [0.4, 0.5) is 11.5 Å². The van der Waals surface area contributed by atoms with E-state index in [0.717, 1.165) is 52.9 Å². The molecule has 1 N–H and O–H groups in total. The lowest BCUT2D eigenvalue weighted by Crippen LogP contribution is -2.39. The number of aromatic nitrogens is 2. The van der Waals surface area contributed by atoms with E-state index >= 15 is 0 Å². The van der Waals surface area contributed by atoms with E-state index in [1.165, 1.54) is 11.1 Å². The first-order valence-electron chi connectivity index (χ1n) is 10.7. The van der Waals surface area contributed by atoms with E-state index in [-0.39, 0.29) is 11.8 Å². The molecule has 1 aliphatic rings. The largest absolute Gasteiger partial charge is 0.354 e. The van der Waals surface area contributed by atoms with Crippen LogP contribution in [0.5, 0.6) is 0 Å². The zero-order chi connectivity index (χ0) is 21.8. The maximum Gasteiger partial charge on any atom is 0.227 e. The van der Waals surface area contributed by atoms with Crippen molar-refractivity contribution >= 4 is 29.2 Å². The molecule has 1 saturated heterocycles. The number of anilines is 2. The van der Waals surface area contributed by atoms with Crippen molar-refractivity contribution < 1.29 is 4.79 Å². The second-order valence-electron chi connectivity index (χ2n) is 8.17. The maximum absolute atomic E-state index is 12.8. The molecule has 1 aromatic heterocycles. The average molecular weight is 433 g/mol. The molecule has 0 aliphatic carbocycles. The average Bonchev–Trinajstić information content (AvgIpc) is 2.78. The number of rotatable bonds is 5. The standard InChI is InChI=1S/C25H28N4OS/c1-17-4-7-21(8-5-17)31-25-23(26-12-13-27-25)29-14-10-20(11-15-29)24(30)28-22-9-6-18(2)16-19(22)3/h4-9,12-13,16,20H,10-11,14-15H2,1-3H3,(H,28,30). The van der Waals surface area contributed by atoms with E-state index in [2.05, 4.69) is 64.4 Å². The Morgan fingerprint density at radius 3 is 2.35 bits per heavy atom. The van der Waals surface area contributed by atoms with Gasteiger partial charge in [0.25, 0.3) is 0 Å². The van der Waals surface area contributed by atoms with Crippen molar-refractivity contribution in [3.63, 3.8) is 0 Å². The number of amides is 1. The molecule has 4 rings (SSSR count). The van der Waals surface area contributed by atoms with Crippen LogP contribution in [0, 0.1) is 26.7 Å². The van der Waals surface area contributed by atoms with E-state index < -0.39 is 0 Å². The number of hydrogen-bond acceptors (Lipinski definition) is 5. The van der Waals surface area contributed by atoms with Crippen molar-refractivity contribution in [3.8, 4) is 0 Å². The third kappa shape index (κ3) is 5.25. The molecule has 0 spiro atoms. The quantitative estimate of drug-likeness (QED) is 0.584. The van der Waals surface area contributed by atoms with Gasteiger partial charge in [0.1, 0.15) is 5.03 Å².